The van der Waals surface area contributed by atoms with Crippen LogP contribution in [0, 0.1) is 13.8 Å². The van der Waals surface area contributed by atoms with Gasteiger partial charge in [-0.15, -0.1) is 11.8 Å². The second kappa shape index (κ2) is 9.51. The number of hydrogen-bond donors (Lipinski definition) is 0. The summed E-state index contributed by atoms with van der Waals surface area (Å²) in [6, 6.07) is 7.64. The Kier molecular flexibility index (Phi) is 7.26. The number of aryl methyl sites for hydroxylation is 2. The average molecular weight is 458 g/mol. The number of nitrogens with zero attached hydrogens (tertiary/aromatic N) is 3. The van der Waals surface area contributed by atoms with Gasteiger partial charge < -0.3 is 9.42 Å². The fraction of sp³-hybridized carbons (Fsp3) is 0.474. The lowest BCUT2D eigenvalue weighted by atomic mass is 10.2. The van der Waals surface area contributed by atoms with E-state index >= 15 is 0 Å². The average Bonchev–Trinajstić information content (AvgIpc) is 3.05. The highest BCUT2D eigenvalue weighted by molar-refractivity contribution is 7.99. The van der Waals surface area contributed by atoms with Crippen LogP contribution in [0.5, 0.6) is 0 Å². The van der Waals surface area contributed by atoms with E-state index in [-0.39, 0.29) is 23.9 Å². The minimum Gasteiger partial charge on any atom is -0.360 e. The summed E-state index contributed by atoms with van der Waals surface area (Å²) < 4.78 is 32.1. The fourth-order valence-electron chi connectivity index (χ4n) is 3.25. The summed E-state index contributed by atoms with van der Waals surface area (Å²) in [5.41, 5.74) is 0.360. The largest absolute Gasteiger partial charge is 0.360 e. The molecular weight excluding hydrogens is 434 g/mol. The Bertz CT molecular complexity index is 933. The predicted molar refractivity (Wildman–Crippen MR) is 113 cm³/mol. The molecule has 2 heterocycles. The molecule has 10 heteroatoms. The molecule has 1 fully saturated rings. The Morgan fingerprint density at radius 1 is 1.17 bits per heavy atom. The standard InChI is InChI=1S/C19H24ClN3O4S2/c1-14-19(15(2)27-21-14)29(25,26)23-11-9-22(10-12-23)18(24)4-3-13-28-17-7-5-16(20)6-8-17/h5-8H,3-4,9-13H2,1-2H3. The van der Waals surface area contributed by atoms with Gasteiger partial charge in [0.1, 0.15) is 10.6 Å². The van der Waals surface area contributed by atoms with Gasteiger partial charge in [-0.05, 0) is 50.3 Å². The summed E-state index contributed by atoms with van der Waals surface area (Å²) in [5, 5.41) is 4.44. The van der Waals surface area contributed by atoms with Gasteiger partial charge in [0.15, 0.2) is 5.76 Å². The molecule has 0 radical (unpaired) electrons. The zero-order valence-corrected chi connectivity index (χ0v) is 18.8. The summed E-state index contributed by atoms with van der Waals surface area (Å²) in [7, 11) is -3.66. The van der Waals surface area contributed by atoms with Crippen LogP contribution in [0.25, 0.3) is 0 Å². The van der Waals surface area contributed by atoms with Crippen molar-refractivity contribution < 1.29 is 17.7 Å². The van der Waals surface area contributed by atoms with E-state index in [9.17, 15) is 13.2 Å². The molecular formula is C19H24ClN3O4S2. The lowest BCUT2D eigenvalue weighted by molar-refractivity contribution is -0.132. The molecule has 3 rings (SSSR count). The number of halogens is 1. The normalized spacial score (nSPS) is 15.6. The third-order valence-electron chi connectivity index (χ3n) is 4.77. The van der Waals surface area contributed by atoms with Crippen LogP contribution >= 0.6 is 23.4 Å². The Morgan fingerprint density at radius 2 is 1.83 bits per heavy atom. The third kappa shape index (κ3) is 5.33. The first kappa shape index (κ1) is 22.1. The van der Waals surface area contributed by atoms with Crippen LogP contribution < -0.4 is 0 Å². The Labute approximate surface area is 180 Å². The summed E-state index contributed by atoms with van der Waals surface area (Å²) >= 11 is 7.57. The van der Waals surface area contributed by atoms with Gasteiger partial charge in [0.05, 0.1) is 0 Å². The van der Waals surface area contributed by atoms with Gasteiger partial charge in [-0.3, -0.25) is 4.79 Å². The van der Waals surface area contributed by atoms with Gasteiger partial charge in [-0.25, -0.2) is 8.42 Å². The zero-order valence-electron chi connectivity index (χ0n) is 16.4. The zero-order chi connectivity index (χ0) is 21.0. The molecule has 0 aliphatic carbocycles. The van der Waals surface area contributed by atoms with Crippen LogP contribution in [0.2, 0.25) is 5.02 Å². The highest BCUT2D eigenvalue weighted by Gasteiger charge is 2.34. The third-order valence-corrected chi connectivity index (χ3v) is 8.27. The Morgan fingerprint density at radius 3 is 2.41 bits per heavy atom. The maximum atomic E-state index is 12.8. The van der Waals surface area contributed by atoms with Gasteiger partial charge >= 0.3 is 0 Å². The Balaban J connectivity index is 1.45. The SMILES string of the molecule is Cc1noc(C)c1S(=O)(=O)N1CCN(C(=O)CCCSc2ccc(Cl)cc2)CC1. The molecule has 29 heavy (non-hydrogen) atoms. The van der Waals surface area contributed by atoms with E-state index in [2.05, 4.69) is 5.16 Å². The van der Waals surface area contributed by atoms with Crippen molar-refractivity contribution in [3.05, 3.63) is 40.7 Å². The maximum absolute atomic E-state index is 12.8. The van der Waals surface area contributed by atoms with E-state index in [1.165, 1.54) is 4.31 Å². The number of carbonyl (C=O) groups excluding carboxylic acids is 1. The minimum absolute atomic E-state index is 0.0658. The number of benzene rings is 1. The van der Waals surface area contributed by atoms with E-state index in [1.807, 2.05) is 24.3 Å². The van der Waals surface area contributed by atoms with Crippen LogP contribution in [-0.4, -0.2) is 60.6 Å². The summed E-state index contributed by atoms with van der Waals surface area (Å²) in [5.74, 6) is 1.20. The number of piperazine rings is 1. The van der Waals surface area contributed by atoms with Crippen LogP contribution in [0.15, 0.2) is 38.6 Å². The molecule has 0 spiro atoms. The van der Waals surface area contributed by atoms with E-state index < -0.39 is 10.0 Å². The van der Waals surface area contributed by atoms with Crippen molar-refractivity contribution in [3.8, 4) is 0 Å². The van der Waals surface area contributed by atoms with Crippen molar-refractivity contribution in [2.45, 2.75) is 36.5 Å². The molecule has 7 nitrogen and oxygen atoms in total. The van der Waals surface area contributed by atoms with Crippen LogP contribution in [0.4, 0.5) is 0 Å². The number of carbonyl (C=O) groups is 1. The van der Waals surface area contributed by atoms with Gasteiger partial charge in [-0.2, -0.15) is 4.31 Å². The van der Waals surface area contributed by atoms with Gasteiger partial charge in [-0.1, -0.05) is 16.8 Å². The molecule has 1 aliphatic rings. The fourth-order valence-corrected chi connectivity index (χ4v) is 5.94. The number of thioether (sulfide) groups is 1. The van der Waals surface area contributed by atoms with Crippen LogP contribution in [-0.2, 0) is 14.8 Å². The first-order chi connectivity index (χ1) is 13.8. The molecule has 1 saturated heterocycles. The number of rotatable bonds is 7. The molecule has 2 aromatic rings. The quantitative estimate of drug-likeness (QED) is 0.468. The number of amides is 1. The van der Waals surface area contributed by atoms with E-state index in [4.69, 9.17) is 16.1 Å². The molecule has 1 amide bonds. The van der Waals surface area contributed by atoms with Crippen molar-refractivity contribution in [1.82, 2.24) is 14.4 Å². The van der Waals surface area contributed by atoms with Gasteiger partial charge in [0.2, 0.25) is 15.9 Å². The first-order valence-electron chi connectivity index (χ1n) is 9.38. The van der Waals surface area contributed by atoms with Crippen molar-refractivity contribution >= 4 is 39.3 Å². The molecule has 0 N–H and O–H groups in total. The highest BCUT2D eigenvalue weighted by Crippen LogP contribution is 2.25. The summed E-state index contributed by atoms with van der Waals surface area (Å²) in [4.78, 5) is 15.5. The van der Waals surface area contributed by atoms with E-state index in [1.54, 1.807) is 30.5 Å². The summed E-state index contributed by atoms with van der Waals surface area (Å²) in [6.45, 7) is 4.55. The molecule has 1 aromatic heterocycles. The van der Waals surface area contributed by atoms with Crippen molar-refractivity contribution in [2.24, 2.45) is 0 Å². The van der Waals surface area contributed by atoms with Gasteiger partial charge in [0, 0.05) is 42.5 Å². The lowest BCUT2D eigenvalue weighted by Gasteiger charge is -2.34. The first-order valence-corrected chi connectivity index (χ1v) is 12.2. The second-order valence-electron chi connectivity index (χ2n) is 6.84. The smallest absolute Gasteiger partial charge is 0.248 e. The van der Waals surface area contributed by atoms with Crippen molar-refractivity contribution in [1.29, 1.82) is 0 Å². The maximum Gasteiger partial charge on any atom is 0.248 e. The number of aromatic nitrogens is 1. The molecule has 0 saturated carbocycles. The molecule has 158 valence electrons. The molecule has 1 aromatic carbocycles. The molecule has 1 aliphatic heterocycles. The minimum atomic E-state index is -3.66. The second-order valence-corrected chi connectivity index (χ2v) is 10.3. The highest BCUT2D eigenvalue weighted by atomic mass is 35.5. The molecule has 0 unspecified atom stereocenters. The van der Waals surface area contributed by atoms with Crippen LogP contribution in [0.3, 0.4) is 0 Å². The van der Waals surface area contributed by atoms with Crippen molar-refractivity contribution in [3.63, 3.8) is 0 Å². The van der Waals surface area contributed by atoms with Crippen molar-refractivity contribution in [2.75, 3.05) is 31.9 Å². The van der Waals surface area contributed by atoms with Crippen LogP contribution in [0.1, 0.15) is 24.3 Å². The number of sulfonamides is 1. The predicted octanol–water partition coefficient (Wildman–Crippen LogP) is 3.35. The van der Waals surface area contributed by atoms with E-state index in [0.29, 0.717) is 36.0 Å². The molecule has 0 atom stereocenters. The topological polar surface area (TPSA) is 83.7 Å². The van der Waals surface area contributed by atoms with Gasteiger partial charge in [0.25, 0.3) is 0 Å². The Hall–Kier alpha value is -1.55. The molecule has 0 bridgehead atoms. The number of hydrogen-bond acceptors (Lipinski definition) is 6. The lowest BCUT2D eigenvalue weighted by Crippen LogP contribution is -2.50. The summed E-state index contributed by atoms with van der Waals surface area (Å²) in [6.07, 6.45) is 1.22. The monoisotopic (exact) mass is 457 g/mol. The van der Waals surface area contributed by atoms with E-state index in [0.717, 1.165) is 17.1 Å².